The van der Waals surface area contributed by atoms with E-state index < -0.39 is 5.82 Å². The standard InChI is InChI=1S/C21H15Cl3FN3O2/c1-12(29)28(19-6-5-13(25)9-18(19)24)20-10-14(7-8-26-20)27-21(30)11-15-16(22)3-2-4-17(15)23/h2-10H,11H2,1H3,(H,26,27,30). The van der Waals surface area contributed by atoms with E-state index in [1.165, 1.54) is 36.2 Å². The van der Waals surface area contributed by atoms with Crippen molar-refractivity contribution in [3.05, 3.63) is 81.2 Å². The first-order valence-corrected chi connectivity index (χ1v) is 9.84. The normalized spacial score (nSPS) is 10.6. The second-order valence-corrected chi connectivity index (χ2v) is 7.50. The maximum atomic E-state index is 13.4. The van der Waals surface area contributed by atoms with Crippen molar-refractivity contribution in [2.45, 2.75) is 13.3 Å². The topological polar surface area (TPSA) is 62.3 Å². The Labute approximate surface area is 187 Å². The molecule has 2 aromatic carbocycles. The zero-order valence-corrected chi connectivity index (χ0v) is 17.9. The molecule has 0 spiro atoms. The molecule has 0 unspecified atom stereocenters. The fourth-order valence-electron chi connectivity index (χ4n) is 2.80. The quantitative estimate of drug-likeness (QED) is 0.498. The molecule has 0 aliphatic heterocycles. The van der Waals surface area contributed by atoms with Crippen molar-refractivity contribution in [3.8, 4) is 0 Å². The summed E-state index contributed by atoms with van der Waals surface area (Å²) in [5.74, 6) is -1.05. The van der Waals surface area contributed by atoms with E-state index in [2.05, 4.69) is 10.3 Å². The number of anilines is 3. The zero-order valence-electron chi connectivity index (χ0n) is 15.6. The van der Waals surface area contributed by atoms with Crippen molar-refractivity contribution >= 4 is 63.8 Å². The van der Waals surface area contributed by atoms with E-state index in [-0.39, 0.29) is 34.8 Å². The van der Waals surface area contributed by atoms with Gasteiger partial charge in [-0.1, -0.05) is 40.9 Å². The molecule has 1 heterocycles. The van der Waals surface area contributed by atoms with Crippen LogP contribution >= 0.6 is 34.8 Å². The lowest BCUT2D eigenvalue weighted by Gasteiger charge is -2.22. The number of pyridine rings is 1. The summed E-state index contributed by atoms with van der Waals surface area (Å²) in [4.78, 5) is 30.1. The molecule has 2 amide bonds. The number of halogens is 4. The van der Waals surface area contributed by atoms with Crippen molar-refractivity contribution in [3.63, 3.8) is 0 Å². The van der Waals surface area contributed by atoms with Crippen LogP contribution in [0.4, 0.5) is 21.6 Å². The van der Waals surface area contributed by atoms with Gasteiger partial charge < -0.3 is 5.32 Å². The summed E-state index contributed by atoms with van der Waals surface area (Å²) in [6, 6.07) is 11.7. The molecular weight excluding hydrogens is 452 g/mol. The van der Waals surface area contributed by atoms with Crippen LogP contribution in [0.1, 0.15) is 12.5 Å². The van der Waals surface area contributed by atoms with Crippen molar-refractivity contribution in [2.24, 2.45) is 0 Å². The van der Waals surface area contributed by atoms with Crippen LogP contribution in [0.25, 0.3) is 0 Å². The smallest absolute Gasteiger partial charge is 0.229 e. The molecule has 0 aliphatic rings. The number of rotatable bonds is 5. The lowest BCUT2D eigenvalue weighted by Crippen LogP contribution is -2.24. The van der Waals surface area contributed by atoms with E-state index in [0.29, 0.717) is 21.3 Å². The van der Waals surface area contributed by atoms with Crippen LogP contribution in [0.2, 0.25) is 15.1 Å². The summed E-state index contributed by atoms with van der Waals surface area (Å²) in [5.41, 5.74) is 1.18. The van der Waals surface area contributed by atoms with Crippen LogP contribution in [0, 0.1) is 5.82 Å². The molecule has 1 N–H and O–H groups in total. The Morgan fingerprint density at radius 2 is 1.73 bits per heavy atom. The van der Waals surface area contributed by atoms with Crippen molar-refractivity contribution in [1.82, 2.24) is 4.98 Å². The minimum Gasteiger partial charge on any atom is -0.326 e. The van der Waals surface area contributed by atoms with E-state index in [1.54, 1.807) is 24.3 Å². The molecule has 3 rings (SSSR count). The van der Waals surface area contributed by atoms with E-state index in [9.17, 15) is 14.0 Å². The number of hydrogen-bond donors (Lipinski definition) is 1. The first kappa shape index (κ1) is 22.0. The number of amides is 2. The summed E-state index contributed by atoms with van der Waals surface area (Å²) in [5, 5.41) is 3.56. The number of carbonyl (C=O) groups is 2. The summed E-state index contributed by atoms with van der Waals surface area (Å²) < 4.78 is 13.4. The number of hydrogen-bond acceptors (Lipinski definition) is 3. The predicted octanol–water partition coefficient (Wildman–Crippen LogP) is 6.05. The Kier molecular flexibility index (Phi) is 6.92. The highest BCUT2D eigenvalue weighted by atomic mass is 35.5. The van der Waals surface area contributed by atoms with E-state index in [0.717, 1.165) is 6.07 Å². The van der Waals surface area contributed by atoms with Gasteiger partial charge in [-0.3, -0.25) is 14.5 Å². The lowest BCUT2D eigenvalue weighted by atomic mass is 10.1. The van der Waals surface area contributed by atoms with Gasteiger partial charge in [-0.05, 0) is 42.0 Å². The number of carbonyl (C=O) groups excluding carboxylic acids is 2. The monoisotopic (exact) mass is 465 g/mol. The minimum absolute atomic E-state index is 0.0314. The van der Waals surface area contributed by atoms with Gasteiger partial charge in [-0.2, -0.15) is 0 Å². The Hall–Kier alpha value is -2.67. The Balaban J connectivity index is 1.85. The average Bonchev–Trinajstić information content (AvgIpc) is 2.67. The fourth-order valence-corrected chi connectivity index (χ4v) is 3.59. The largest absolute Gasteiger partial charge is 0.326 e. The van der Waals surface area contributed by atoms with Crippen molar-refractivity contribution in [2.75, 3.05) is 10.2 Å². The minimum atomic E-state index is -0.528. The first-order valence-electron chi connectivity index (χ1n) is 8.71. The summed E-state index contributed by atoms with van der Waals surface area (Å²) >= 11 is 18.3. The third-order valence-electron chi connectivity index (χ3n) is 4.12. The second kappa shape index (κ2) is 9.43. The van der Waals surface area contributed by atoms with Crippen LogP contribution < -0.4 is 10.2 Å². The molecule has 5 nitrogen and oxygen atoms in total. The van der Waals surface area contributed by atoms with Gasteiger partial charge >= 0.3 is 0 Å². The highest BCUT2D eigenvalue weighted by Crippen LogP contribution is 2.32. The molecule has 30 heavy (non-hydrogen) atoms. The molecular formula is C21H15Cl3FN3O2. The van der Waals surface area contributed by atoms with E-state index >= 15 is 0 Å². The highest BCUT2D eigenvalue weighted by molar-refractivity contribution is 6.36. The number of nitrogens with one attached hydrogen (secondary N) is 1. The lowest BCUT2D eigenvalue weighted by molar-refractivity contribution is -0.116. The number of nitrogens with zero attached hydrogens (tertiary/aromatic N) is 2. The molecule has 0 saturated carbocycles. The van der Waals surface area contributed by atoms with Gasteiger partial charge in [-0.15, -0.1) is 0 Å². The van der Waals surface area contributed by atoms with Crippen LogP contribution in [0.5, 0.6) is 0 Å². The maximum Gasteiger partial charge on any atom is 0.229 e. The van der Waals surface area contributed by atoms with Crippen LogP contribution in [-0.2, 0) is 16.0 Å². The number of aromatic nitrogens is 1. The molecule has 0 radical (unpaired) electrons. The summed E-state index contributed by atoms with van der Waals surface area (Å²) in [6.07, 6.45) is 1.40. The van der Waals surface area contributed by atoms with E-state index in [1.807, 2.05) is 0 Å². The van der Waals surface area contributed by atoms with Gasteiger partial charge in [0, 0.05) is 34.9 Å². The molecule has 0 bridgehead atoms. The third-order valence-corrected chi connectivity index (χ3v) is 5.13. The Bertz CT molecular complexity index is 1100. The maximum absolute atomic E-state index is 13.4. The van der Waals surface area contributed by atoms with Gasteiger partial charge in [-0.25, -0.2) is 9.37 Å². The molecule has 0 aliphatic carbocycles. The van der Waals surface area contributed by atoms with Gasteiger partial charge in [0.05, 0.1) is 17.1 Å². The van der Waals surface area contributed by atoms with Crippen molar-refractivity contribution in [1.29, 1.82) is 0 Å². The van der Waals surface area contributed by atoms with Gasteiger partial charge in [0.25, 0.3) is 0 Å². The van der Waals surface area contributed by atoms with Gasteiger partial charge in [0.1, 0.15) is 11.6 Å². The fraction of sp³-hybridized carbons (Fsp3) is 0.0952. The molecule has 0 saturated heterocycles. The second-order valence-electron chi connectivity index (χ2n) is 6.28. The molecule has 3 aromatic rings. The summed E-state index contributed by atoms with van der Waals surface area (Å²) in [6.45, 7) is 1.33. The van der Waals surface area contributed by atoms with Gasteiger partial charge in [0.2, 0.25) is 11.8 Å². The van der Waals surface area contributed by atoms with Crippen LogP contribution in [0.3, 0.4) is 0 Å². The number of benzene rings is 2. The Morgan fingerprint density at radius 3 is 2.37 bits per heavy atom. The predicted molar refractivity (Wildman–Crippen MR) is 117 cm³/mol. The highest BCUT2D eigenvalue weighted by Gasteiger charge is 2.20. The molecule has 1 aromatic heterocycles. The van der Waals surface area contributed by atoms with Crippen LogP contribution in [-0.4, -0.2) is 16.8 Å². The Morgan fingerprint density at radius 1 is 1.03 bits per heavy atom. The van der Waals surface area contributed by atoms with Crippen LogP contribution in [0.15, 0.2) is 54.7 Å². The van der Waals surface area contributed by atoms with Crippen molar-refractivity contribution < 1.29 is 14.0 Å². The summed E-state index contributed by atoms with van der Waals surface area (Å²) in [7, 11) is 0. The average molecular weight is 467 g/mol. The molecule has 154 valence electrons. The van der Waals surface area contributed by atoms with E-state index in [4.69, 9.17) is 34.8 Å². The third kappa shape index (κ3) is 5.08. The SMILES string of the molecule is CC(=O)N(c1cc(NC(=O)Cc2c(Cl)cccc2Cl)ccn1)c1ccc(F)cc1Cl. The van der Waals surface area contributed by atoms with Gasteiger partial charge in [0.15, 0.2) is 0 Å². The zero-order chi connectivity index (χ0) is 21.8. The molecule has 0 atom stereocenters. The molecule has 9 heteroatoms. The first-order chi connectivity index (χ1) is 14.3. The molecule has 0 fully saturated rings.